The summed E-state index contributed by atoms with van der Waals surface area (Å²) in [5, 5.41) is 0.860. The third-order valence-electron chi connectivity index (χ3n) is 9.09. The highest BCUT2D eigenvalue weighted by Crippen LogP contribution is 2.71. The molecule has 0 saturated carbocycles. The highest BCUT2D eigenvalue weighted by atomic mass is 28.3. The summed E-state index contributed by atoms with van der Waals surface area (Å²) in [7, 11) is -1.48. The standard InChI is InChI=1S/C40H29Si/c1-6-18-30(19-7-1)37-38(31-20-8-2-9-21-31)40(33-24-12-4-13-25-33)36-29-17-16-28-35(36)39(37,32-22-10-3-11-23-32)41(40)34-26-14-5-15-27-34/h1-29H/q-1. The average Bonchev–Trinajstić information content (AvgIpc) is 3.51. The van der Waals surface area contributed by atoms with Crippen molar-refractivity contribution < 1.29 is 0 Å². The van der Waals surface area contributed by atoms with Crippen molar-refractivity contribution in [1.29, 1.82) is 0 Å². The van der Waals surface area contributed by atoms with Crippen LogP contribution in [0, 0.1) is 0 Å². The fraction of sp³-hybridized carbons (Fsp3) is 0.0500. The highest BCUT2D eigenvalue weighted by Gasteiger charge is 2.61. The zero-order valence-corrected chi connectivity index (χ0v) is 23.7. The van der Waals surface area contributed by atoms with Crippen LogP contribution >= 0.6 is 0 Å². The lowest BCUT2D eigenvalue weighted by Gasteiger charge is -2.52. The van der Waals surface area contributed by atoms with Crippen LogP contribution < -0.4 is 5.19 Å². The third-order valence-corrected chi connectivity index (χ3v) is 13.1. The molecular formula is C40H29Si-. The van der Waals surface area contributed by atoms with Gasteiger partial charge >= 0.3 is 0 Å². The topological polar surface area (TPSA) is 0 Å². The van der Waals surface area contributed by atoms with E-state index in [0.29, 0.717) is 0 Å². The van der Waals surface area contributed by atoms with Gasteiger partial charge in [-0.3, -0.25) is 0 Å². The first-order valence-corrected chi connectivity index (χ1v) is 15.9. The van der Waals surface area contributed by atoms with Crippen LogP contribution in [0.4, 0.5) is 0 Å². The van der Waals surface area contributed by atoms with E-state index in [-0.39, 0.29) is 10.1 Å². The van der Waals surface area contributed by atoms with E-state index in [1.54, 1.807) is 0 Å². The second kappa shape index (κ2) is 9.44. The van der Waals surface area contributed by atoms with Crippen molar-refractivity contribution in [3.63, 3.8) is 0 Å². The van der Waals surface area contributed by atoms with E-state index in [2.05, 4.69) is 176 Å². The van der Waals surface area contributed by atoms with Gasteiger partial charge in [0.25, 0.3) is 0 Å². The van der Waals surface area contributed by atoms with Crippen LogP contribution in [0.1, 0.15) is 33.4 Å². The van der Waals surface area contributed by atoms with Gasteiger partial charge in [-0.15, -0.1) is 0 Å². The Morgan fingerprint density at radius 1 is 0.317 bits per heavy atom. The minimum absolute atomic E-state index is 0.299. The van der Waals surface area contributed by atoms with Crippen molar-refractivity contribution in [2.75, 3.05) is 0 Å². The SMILES string of the molecule is c1ccc(C2=C(c3ccccc3)C3(c4ccccc4)c4ccccc4C2(c2ccccc2)[Si-]3c2ccccc2)cc1. The van der Waals surface area contributed by atoms with E-state index in [0.717, 1.165) is 0 Å². The Morgan fingerprint density at radius 3 is 1.02 bits per heavy atom. The van der Waals surface area contributed by atoms with E-state index in [9.17, 15) is 0 Å². The molecule has 2 bridgehead atoms. The van der Waals surface area contributed by atoms with E-state index < -0.39 is 8.80 Å². The maximum Gasteiger partial charge on any atom is -0.0238 e. The number of allylic oxidation sites excluding steroid dienone is 2. The summed E-state index contributed by atoms with van der Waals surface area (Å²) in [6.07, 6.45) is 0. The van der Waals surface area contributed by atoms with Crippen molar-refractivity contribution in [3.8, 4) is 0 Å². The van der Waals surface area contributed by atoms with Gasteiger partial charge in [-0.2, -0.15) is 5.19 Å². The van der Waals surface area contributed by atoms with E-state index in [4.69, 9.17) is 0 Å². The van der Waals surface area contributed by atoms with Crippen LogP contribution in [0.15, 0.2) is 176 Å². The van der Waals surface area contributed by atoms with Crippen molar-refractivity contribution >= 4 is 25.1 Å². The minimum Gasteiger partial charge on any atom is -0.238 e. The van der Waals surface area contributed by atoms with Crippen LogP contribution in [0.5, 0.6) is 0 Å². The minimum atomic E-state index is -1.48. The number of hydrogen-bond donors (Lipinski definition) is 0. The summed E-state index contributed by atoms with van der Waals surface area (Å²) in [6.45, 7) is 0. The first-order chi connectivity index (χ1) is 20.4. The molecule has 2 atom stereocenters. The van der Waals surface area contributed by atoms with Crippen molar-refractivity contribution in [1.82, 2.24) is 0 Å². The smallest absolute Gasteiger partial charge is 0.0238 e. The van der Waals surface area contributed by atoms with Gasteiger partial charge in [-0.05, 0) is 11.1 Å². The van der Waals surface area contributed by atoms with Gasteiger partial charge in [0.15, 0.2) is 0 Å². The molecule has 0 saturated heterocycles. The van der Waals surface area contributed by atoms with Crippen LogP contribution in [0.2, 0.25) is 0 Å². The lowest BCUT2D eigenvalue weighted by atomic mass is 9.65. The molecule has 0 spiro atoms. The summed E-state index contributed by atoms with van der Waals surface area (Å²) in [5.74, 6) is 0. The monoisotopic (exact) mass is 537 g/mol. The van der Waals surface area contributed by atoms with Crippen LogP contribution in [-0.4, -0.2) is 8.80 Å². The summed E-state index contributed by atoms with van der Waals surface area (Å²) in [6, 6.07) is 65.9. The number of hydrogen-bond acceptors (Lipinski definition) is 0. The molecule has 0 nitrogen and oxygen atoms in total. The summed E-state index contributed by atoms with van der Waals surface area (Å²) in [5.41, 5.74) is 11.2. The lowest BCUT2D eigenvalue weighted by molar-refractivity contribution is 0.915. The molecule has 2 unspecified atom stereocenters. The lowest BCUT2D eigenvalue weighted by Crippen LogP contribution is -2.55. The molecule has 194 valence electrons. The number of benzene rings is 6. The molecule has 2 heterocycles. The van der Waals surface area contributed by atoms with Gasteiger partial charge in [0.2, 0.25) is 0 Å². The molecule has 41 heavy (non-hydrogen) atoms. The Bertz CT molecular complexity index is 1740. The second-order valence-electron chi connectivity index (χ2n) is 11.0. The molecule has 2 aliphatic rings. The Hall–Kier alpha value is -4.72. The molecule has 0 radical (unpaired) electrons. The van der Waals surface area contributed by atoms with Gasteiger partial charge in [0.05, 0.1) is 0 Å². The fourth-order valence-electron chi connectivity index (χ4n) is 7.82. The quantitative estimate of drug-likeness (QED) is 0.194. The molecule has 6 aromatic carbocycles. The van der Waals surface area contributed by atoms with Gasteiger partial charge < -0.3 is 0 Å². The zero-order valence-electron chi connectivity index (χ0n) is 22.7. The largest absolute Gasteiger partial charge is 0.238 e. The molecule has 0 amide bonds. The summed E-state index contributed by atoms with van der Waals surface area (Å²) >= 11 is 0. The van der Waals surface area contributed by atoms with Gasteiger partial charge in [0.1, 0.15) is 0 Å². The normalized spacial score (nSPS) is 20.7. The highest BCUT2D eigenvalue weighted by molar-refractivity contribution is 6.87. The fourth-order valence-corrected chi connectivity index (χ4v) is 12.7. The Labute approximate surface area is 243 Å². The first kappa shape index (κ1) is 24.1. The van der Waals surface area contributed by atoms with Crippen LogP contribution in [0.3, 0.4) is 0 Å². The Morgan fingerprint density at radius 2 is 0.634 bits per heavy atom. The molecule has 0 N–H and O–H groups in total. The zero-order chi connectivity index (χ0) is 27.3. The predicted octanol–water partition coefficient (Wildman–Crippen LogP) is 8.38. The van der Waals surface area contributed by atoms with Crippen molar-refractivity contribution in [3.05, 3.63) is 209 Å². The molecule has 0 fully saturated rings. The summed E-state index contributed by atoms with van der Waals surface area (Å²) in [4.78, 5) is 0. The van der Waals surface area contributed by atoms with E-state index in [1.165, 1.54) is 49.7 Å². The van der Waals surface area contributed by atoms with Gasteiger partial charge in [-0.1, -0.05) is 219 Å². The molecule has 0 aliphatic carbocycles. The van der Waals surface area contributed by atoms with Crippen molar-refractivity contribution in [2.45, 2.75) is 10.1 Å². The van der Waals surface area contributed by atoms with Crippen LogP contribution in [-0.2, 0) is 10.1 Å². The van der Waals surface area contributed by atoms with E-state index in [1.807, 2.05) is 0 Å². The second-order valence-corrected chi connectivity index (χ2v) is 13.8. The third kappa shape index (κ3) is 3.21. The molecular weight excluding hydrogens is 509 g/mol. The first-order valence-electron chi connectivity index (χ1n) is 14.4. The van der Waals surface area contributed by atoms with Crippen LogP contribution in [0.25, 0.3) is 11.1 Å². The Kier molecular flexibility index (Phi) is 5.55. The molecule has 6 aromatic rings. The average molecular weight is 538 g/mol. The summed E-state index contributed by atoms with van der Waals surface area (Å²) < 4.78 is 0. The maximum atomic E-state index is 2.42. The number of rotatable bonds is 5. The predicted molar refractivity (Wildman–Crippen MR) is 172 cm³/mol. The molecule has 8 rings (SSSR count). The van der Waals surface area contributed by atoms with Gasteiger partial charge in [0, 0.05) is 0 Å². The van der Waals surface area contributed by atoms with Crippen molar-refractivity contribution in [2.24, 2.45) is 0 Å². The number of fused-ring (bicyclic) bond motifs is 5. The molecule has 0 aromatic heterocycles. The molecule has 2 aliphatic heterocycles. The molecule has 1 heteroatoms. The Balaban J connectivity index is 1.67. The van der Waals surface area contributed by atoms with Gasteiger partial charge in [-0.25, -0.2) is 8.80 Å². The maximum absolute atomic E-state index is 2.42. The van der Waals surface area contributed by atoms with E-state index >= 15 is 0 Å².